The van der Waals surface area contributed by atoms with Crippen LogP contribution >= 0.6 is 11.8 Å². The van der Waals surface area contributed by atoms with Gasteiger partial charge in [0.25, 0.3) is 0 Å². The zero-order chi connectivity index (χ0) is 11.6. The van der Waals surface area contributed by atoms with Crippen LogP contribution in [0.4, 0.5) is 5.69 Å². The van der Waals surface area contributed by atoms with Crippen molar-refractivity contribution in [2.45, 2.75) is 39.5 Å². The Morgan fingerprint density at radius 2 is 1.47 bits per heavy atom. The maximum Gasteiger partial charge on any atom is 0.0513 e. The van der Waals surface area contributed by atoms with E-state index in [1.54, 1.807) is 0 Å². The summed E-state index contributed by atoms with van der Waals surface area (Å²) in [6.07, 6.45) is 2.15. The standard InChI is InChI=1S/C13H21NS/c1-7-14-12-10(4)8(2)9(3)11(5)13(12)15-6/h14H,7H2,1-6H3. The van der Waals surface area contributed by atoms with E-state index in [-0.39, 0.29) is 0 Å². The van der Waals surface area contributed by atoms with E-state index in [9.17, 15) is 0 Å². The third-order valence-corrected chi connectivity index (χ3v) is 4.11. The molecular weight excluding hydrogens is 202 g/mol. The van der Waals surface area contributed by atoms with E-state index in [2.05, 4.69) is 46.2 Å². The zero-order valence-electron chi connectivity index (χ0n) is 10.6. The molecule has 84 valence electrons. The molecule has 0 spiro atoms. The molecule has 1 N–H and O–H groups in total. The molecule has 0 aliphatic carbocycles. The highest BCUT2D eigenvalue weighted by molar-refractivity contribution is 7.98. The molecule has 15 heavy (non-hydrogen) atoms. The minimum Gasteiger partial charge on any atom is -0.384 e. The van der Waals surface area contributed by atoms with Crippen LogP contribution in [0, 0.1) is 27.7 Å². The minimum absolute atomic E-state index is 0.982. The van der Waals surface area contributed by atoms with Gasteiger partial charge in [-0.25, -0.2) is 0 Å². The van der Waals surface area contributed by atoms with Gasteiger partial charge in [0.2, 0.25) is 0 Å². The highest BCUT2D eigenvalue weighted by atomic mass is 32.2. The Morgan fingerprint density at radius 1 is 0.933 bits per heavy atom. The van der Waals surface area contributed by atoms with Crippen LogP contribution in [0.3, 0.4) is 0 Å². The molecule has 0 bridgehead atoms. The van der Waals surface area contributed by atoms with Gasteiger partial charge in [-0.15, -0.1) is 11.8 Å². The van der Waals surface area contributed by atoms with Gasteiger partial charge in [-0.3, -0.25) is 0 Å². The smallest absolute Gasteiger partial charge is 0.0513 e. The number of hydrogen-bond donors (Lipinski definition) is 1. The van der Waals surface area contributed by atoms with Crippen LogP contribution in [0.1, 0.15) is 29.2 Å². The average Bonchev–Trinajstić information content (AvgIpc) is 2.24. The molecule has 0 aliphatic heterocycles. The summed E-state index contributed by atoms with van der Waals surface area (Å²) in [6, 6.07) is 0. The quantitative estimate of drug-likeness (QED) is 0.775. The number of benzene rings is 1. The summed E-state index contributed by atoms with van der Waals surface area (Å²) in [7, 11) is 0. The summed E-state index contributed by atoms with van der Waals surface area (Å²) in [6.45, 7) is 12.0. The van der Waals surface area contributed by atoms with Gasteiger partial charge in [0, 0.05) is 11.4 Å². The molecule has 1 aromatic carbocycles. The number of rotatable bonds is 3. The lowest BCUT2D eigenvalue weighted by Crippen LogP contribution is -2.05. The Balaban J connectivity index is 3.47. The van der Waals surface area contributed by atoms with Gasteiger partial charge in [0.1, 0.15) is 0 Å². The molecule has 0 saturated heterocycles. The number of nitrogens with one attached hydrogen (secondary N) is 1. The average molecular weight is 223 g/mol. The van der Waals surface area contributed by atoms with Crippen LogP contribution in [0.25, 0.3) is 0 Å². The van der Waals surface area contributed by atoms with Crippen LogP contribution in [-0.2, 0) is 0 Å². The van der Waals surface area contributed by atoms with Crippen molar-refractivity contribution in [3.63, 3.8) is 0 Å². The number of thioether (sulfide) groups is 1. The fourth-order valence-electron chi connectivity index (χ4n) is 1.92. The molecule has 0 heterocycles. The first kappa shape index (κ1) is 12.4. The normalized spacial score (nSPS) is 10.5. The molecule has 1 nitrogen and oxygen atoms in total. The van der Waals surface area contributed by atoms with Gasteiger partial charge in [-0.2, -0.15) is 0 Å². The molecule has 1 rings (SSSR count). The summed E-state index contributed by atoms with van der Waals surface area (Å²) in [5, 5.41) is 3.48. The minimum atomic E-state index is 0.982. The Labute approximate surface area is 97.7 Å². The number of anilines is 1. The lowest BCUT2D eigenvalue weighted by atomic mass is 9.97. The monoisotopic (exact) mass is 223 g/mol. The predicted octanol–water partition coefficient (Wildman–Crippen LogP) is 4.07. The van der Waals surface area contributed by atoms with E-state index in [1.807, 2.05) is 11.8 Å². The van der Waals surface area contributed by atoms with E-state index >= 15 is 0 Å². The second kappa shape index (κ2) is 4.93. The van der Waals surface area contributed by atoms with Crippen molar-refractivity contribution in [2.75, 3.05) is 18.1 Å². The topological polar surface area (TPSA) is 12.0 Å². The molecule has 0 atom stereocenters. The summed E-state index contributed by atoms with van der Waals surface area (Å²) in [5.41, 5.74) is 6.98. The first-order valence-electron chi connectivity index (χ1n) is 5.42. The summed E-state index contributed by atoms with van der Waals surface area (Å²) >= 11 is 1.84. The molecule has 0 radical (unpaired) electrons. The predicted molar refractivity (Wildman–Crippen MR) is 71.3 cm³/mol. The first-order valence-corrected chi connectivity index (χ1v) is 6.65. The summed E-state index contributed by atoms with van der Waals surface area (Å²) in [5.74, 6) is 0. The van der Waals surface area contributed by atoms with E-state index in [4.69, 9.17) is 0 Å². The van der Waals surface area contributed by atoms with Crippen molar-refractivity contribution in [3.8, 4) is 0 Å². The second-order valence-corrected chi connectivity index (χ2v) is 4.76. The maximum atomic E-state index is 3.48. The SMILES string of the molecule is CCNc1c(C)c(C)c(C)c(C)c1SC. The second-order valence-electron chi connectivity index (χ2n) is 3.94. The summed E-state index contributed by atoms with van der Waals surface area (Å²) in [4.78, 5) is 1.40. The third-order valence-electron chi connectivity index (χ3n) is 3.19. The highest BCUT2D eigenvalue weighted by Crippen LogP contribution is 2.36. The van der Waals surface area contributed by atoms with Crippen molar-refractivity contribution in [2.24, 2.45) is 0 Å². The molecule has 0 aromatic heterocycles. The Hall–Kier alpha value is -0.630. The maximum absolute atomic E-state index is 3.48. The van der Waals surface area contributed by atoms with Gasteiger partial charge in [-0.1, -0.05) is 0 Å². The number of hydrogen-bond acceptors (Lipinski definition) is 2. The fraction of sp³-hybridized carbons (Fsp3) is 0.538. The Kier molecular flexibility index (Phi) is 4.09. The molecule has 0 saturated carbocycles. The van der Waals surface area contributed by atoms with Crippen LogP contribution < -0.4 is 5.32 Å². The summed E-state index contributed by atoms with van der Waals surface area (Å²) < 4.78 is 0. The van der Waals surface area contributed by atoms with Gasteiger partial charge in [-0.05, 0) is 63.1 Å². The molecule has 0 aliphatic rings. The fourth-order valence-corrected chi connectivity index (χ4v) is 2.81. The van der Waals surface area contributed by atoms with Crippen molar-refractivity contribution in [1.29, 1.82) is 0 Å². The largest absolute Gasteiger partial charge is 0.384 e. The molecule has 1 aromatic rings. The van der Waals surface area contributed by atoms with E-state index < -0.39 is 0 Å². The lowest BCUT2D eigenvalue weighted by Gasteiger charge is -2.20. The highest BCUT2D eigenvalue weighted by Gasteiger charge is 2.13. The van der Waals surface area contributed by atoms with E-state index in [1.165, 1.54) is 32.8 Å². The van der Waals surface area contributed by atoms with Crippen LogP contribution in [0.2, 0.25) is 0 Å². The van der Waals surface area contributed by atoms with Crippen molar-refractivity contribution < 1.29 is 0 Å². The first-order chi connectivity index (χ1) is 7.04. The van der Waals surface area contributed by atoms with E-state index in [0.29, 0.717) is 0 Å². The molecule has 0 amide bonds. The molecule has 0 fully saturated rings. The van der Waals surface area contributed by atoms with Gasteiger partial charge >= 0.3 is 0 Å². The van der Waals surface area contributed by atoms with Crippen molar-refractivity contribution in [3.05, 3.63) is 22.3 Å². The Morgan fingerprint density at radius 3 is 1.93 bits per heavy atom. The van der Waals surface area contributed by atoms with Gasteiger partial charge < -0.3 is 5.32 Å². The van der Waals surface area contributed by atoms with E-state index in [0.717, 1.165) is 6.54 Å². The molecule has 2 heteroatoms. The van der Waals surface area contributed by atoms with Gasteiger partial charge in [0.05, 0.1) is 5.69 Å². The Bertz CT molecular complexity index is 370. The zero-order valence-corrected chi connectivity index (χ0v) is 11.4. The van der Waals surface area contributed by atoms with Gasteiger partial charge in [0.15, 0.2) is 0 Å². The van der Waals surface area contributed by atoms with Crippen molar-refractivity contribution in [1.82, 2.24) is 0 Å². The van der Waals surface area contributed by atoms with Crippen LogP contribution in [0.15, 0.2) is 4.90 Å². The molecule has 0 unspecified atom stereocenters. The van der Waals surface area contributed by atoms with Crippen LogP contribution in [0.5, 0.6) is 0 Å². The third kappa shape index (κ3) is 2.15. The lowest BCUT2D eigenvalue weighted by molar-refractivity contribution is 1.10. The van der Waals surface area contributed by atoms with Crippen LogP contribution in [-0.4, -0.2) is 12.8 Å². The van der Waals surface area contributed by atoms with Crippen molar-refractivity contribution >= 4 is 17.4 Å². The molecular formula is C13H21NS.